The smallest absolute Gasteiger partial charge is 0.150 e. The molecular formula is C14H14FN5S. The van der Waals surface area contributed by atoms with Crippen molar-refractivity contribution in [3.63, 3.8) is 0 Å². The number of nitrogens with zero attached hydrogens (tertiary/aromatic N) is 4. The molecule has 0 bridgehead atoms. The number of halogens is 1. The molecule has 0 saturated heterocycles. The second-order valence-corrected chi connectivity index (χ2v) is 5.63. The summed E-state index contributed by atoms with van der Waals surface area (Å²) in [4.78, 5) is 9.24. The number of aryl methyl sites for hydroxylation is 1. The number of rotatable bonds is 5. The SMILES string of the molecule is CCc1ncc(CNc2ccc(-n3cncn3)c(F)c2)s1. The van der Waals surface area contributed by atoms with E-state index >= 15 is 0 Å². The molecule has 0 aliphatic rings. The van der Waals surface area contributed by atoms with Crippen LogP contribution >= 0.6 is 11.3 Å². The number of anilines is 1. The average molecular weight is 303 g/mol. The van der Waals surface area contributed by atoms with Crippen molar-refractivity contribution >= 4 is 17.0 Å². The van der Waals surface area contributed by atoms with Gasteiger partial charge in [-0.05, 0) is 24.6 Å². The van der Waals surface area contributed by atoms with E-state index in [9.17, 15) is 4.39 Å². The van der Waals surface area contributed by atoms with E-state index in [-0.39, 0.29) is 5.82 Å². The van der Waals surface area contributed by atoms with Gasteiger partial charge in [-0.2, -0.15) is 5.10 Å². The van der Waals surface area contributed by atoms with Gasteiger partial charge < -0.3 is 5.32 Å². The van der Waals surface area contributed by atoms with Gasteiger partial charge in [0, 0.05) is 16.8 Å². The Balaban J connectivity index is 1.70. The molecule has 0 fully saturated rings. The number of hydrogen-bond donors (Lipinski definition) is 1. The first kappa shape index (κ1) is 13.7. The predicted molar refractivity (Wildman–Crippen MR) is 80.1 cm³/mol. The van der Waals surface area contributed by atoms with Crippen molar-refractivity contribution in [2.45, 2.75) is 19.9 Å². The van der Waals surface area contributed by atoms with Crippen molar-refractivity contribution in [1.29, 1.82) is 0 Å². The zero-order valence-electron chi connectivity index (χ0n) is 11.5. The van der Waals surface area contributed by atoms with E-state index in [1.807, 2.05) is 12.3 Å². The first-order chi connectivity index (χ1) is 10.3. The van der Waals surface area contributed by atoms with Crippen LogP contribution in [0.2, 0.25) is 0 Å². The van der Waals surface area contributed by atoms with Crippen LogP contribution in [-0.2, 0) is 13.0 Å². The van der Waals surface area contributed by atoms with E-state index in [2.05, 4.69) is 27.3 Å². The zero-order valence-corrected chi connectivity index (χ0v) is 12.3. The molecule has 0 atom stereocenters. The number of nitrogens with one attached hydrogen (secondary N) is 1. The lowest BCUT2D eigenvalue weighted by Crippen LogP contribution is -2.01. The molecule has 3 aromatic rings. The summed E-state index contributed by atoms with van der Waals surface area (Å²) in [6.45, 7) is 2.72. The highest BCUT2D eigenvalue weighted by Crippen LogP contribution is 2.19. The van der Waals surface area contributed by atoms with Crippen molar-refractivity contribution in [1.82, 2.24) is 19.7 Å². The van der Waals surface area contributed by atoms with Gasteiger partial charge >= 0.3 is 0 Å². The predicted octanol–water partition coefficient (Wildman–Crippen LogP) is 3.04. The van der Waals surface area contributed by atoms with Crippen molar-refractivity contribution in [2.75, 3.05) is 5.32 Å². The maximum Gasteiger partial charge on any atom is 0.150 e. The summed E-state index contributed by atoms with van der Waals surface area (Å²) < 4.78 is 15.5. The standard InChI is InChI=1S/C14H14FN5S/c1-2-14-18-7-11(21-14)6-17-10-3-4-13(12(15)5-10)20-9-16-8-19-20/h3-5,7-9,17H,2,6H2,1H3. The van der Waals surface area contributed by atoms with E-state index in [0.717, 1.165) is 22.0 Å². The van der Waals surface area contributed by atoms with Crippen LogP contribution in [0, 0.1) is 5.82 Å². The van der Waals surface area contributed by atoms with Gasteiger partial charge in [-0.15, -0.1) is 11.3 Å². The van der Waals surface area contributed by atoms with Gasteiger partial charge in [0.05, 0.1) is 11.6 Å². The molecule has 2 aromatic heterocycles. The minimum Gasteiger partial charge on any atom is -0.380 e. The third-order valence-corrected chi connectivity index (χ3v) is 4.13. The van der Waals surface area contributed by atoms with Crippen LogP contribution in [0.15, 0.2) is 37.1 Å². The summed E-state index contributed by atoms with van der Waals surface area (Å²) in [6, 6.07) is 4.96. The highest BCUT2D eigenvalue weighted by molar-refractivity contribution is 7.11. The van der Waals surface area contributed by atoms with Crippen molar-refractivity contribution < 1.29 is 4.39 Å². The van der Waals surface area contributed by atoms with Gasteiger partial charge in [-0.25, -0.2) is 19.0 Å². The molecule has 2 heterocycles. The molecule has 3 rings (SSSR count). The first-order valence-electron chi connectivity index (χ1n) is 6.58. The largest absolute Gasteiger partial charge is 0.380 e. The highest BCUT2D eigenvalue weighted by atomic mass is 32.1. The first-order valence-corrected chi connectivity index (χ1v) is 7.40. The summed E-state index contributed by atoms with van der Waals surface area (Å²) in [7, 11) is 0. The number of hydrogen-bond acceptors (Lipinski definition) is 5. The average Bonchev–Trinajstić information content (AvgIpc) is 3.16. The van der Waals surface area contributed by atoms with Gasteiger partial charge in [0.2, 0.25) is 0 Å². The normalized spacial score (nSPS) is 10.8. The molecule has 5 nitrogen and oxygen atoms in total. The fourth-order valence-corrected chi connectivity index (χ4v) is 2.72. The summed E-state index contributed by atoms with van der Waals surface area (Å²) >= 11 is 1.67. The molecule has 108 valence electrons. The number of benzene rings is 1. The Labute approximate surface area is 125 Å². The summed E-state index contributed by atoms with van der Waals surface area (Å²) in [5, 5.41) is 8.23. The molecule has 21 heavy (non-hydrogen) atoms. The fraction of sp³-hybridized carbons (Fsp3) is 0.214. The van der Waals surface area contributed by atoms with E-state index in [4.69, 9.17) is 0 Å². The van der Waals surface area contributed by atoms with Gasteiger partial charge in [0.25, 0.3) is 0 Å². The van der Waals surface area contributed by atoms with Crippen LogP contribution in [0.4, 0.5) is 10.1 Å². The Hall–Kier alpha value is -2.28. The third kappa shape index (κ3) is 3.08. The lowest BCUT2D eigenvalue weighted by atomic mass is 10.2. The molecule has 7 heteroatoms. The van der Waals surface area contributed by atoms with Gasteiger partial charge in [0.15, 0.2) is 5.82 Å². The fourth-order valence-electron chi connectivity index (χ4n) is 1.92. The molecule has 0 aliphatic heterocycles. The van der Waals surface area contributed by atoms with Crippen molar-refractivity contribution in [3.8, 4) is 5.69 Å². The Morgan fingerprint density at radius 3 is 2.95 bits per heavy atom. The lowest BCUT2D eigenvalue weighted by molar-refractivity contribution is 0.611. The second-order valence-electron chi connectivity index (χ2n) is 4.43. The minimum absolute atomic E-state index is 0.343. The molecular weight excluding hydrogens is 289 g/mol. The molecule has 1 aromatic carbocycles. The Bertz CT molecular complexity index is 723. The van der Waals surface area contributed by atoms with Crippen LogP contribution < -0.4 is 5.32 Å². The number of thiazole rings is 1. The van der Waals surface area contributed by atoms with Gasteiger partial charge in [0.1, 0.15) is 18.3 Å². The van der Waals surface area contributed by atoms with E-state index < -0.39 is 0 Å². The summed E-state index contributed by atoms with van der Waals surface area (Å²) in [6.07, 6.45) is 5.64. The third-order valence-electron chi connectivity index (χ3n) is 2.98. The Kier molecular flexibility index (Phi) is 3.92. The molecule has 0 unspecified atom stereocenters. The van der Waals surface area contributed by atoms with Gasteiger partial charge in [-0.1, -0.05) is 6.92 Å². The van der Waals surface area contributed by atoms with Crippen LogP contribution in [0.25, 0.3) is 5.69 Å². The molecule has 1 N–H and O–H groups in total. The lowest BCUT2D eigenvalue weighted by Gasteiger charge is -2.07. The number of aromatic nitrogens is 4. The monoisotopic (exact) mass is 303 g/mol. The van der Waals surface area contributed by atoms with Crippen LogP contribution in [0.1, 0.15) is 16.8 Å². The second kappa shape index (κ2) is 6.01. The van der Waals surface area contributed by atoms with Crippen molar-refractivity contribution in [2.24, 2.45) is 0 Å². The topological polar surface area (TPSA) is 55.6 Å². The molecule has 0 radical (unpaired) electrons. The maximum atomic E-state index is 14.1. The zero-order chi connectivity index (χ0) is 14.7. The highest BCUT2D eigenvalue weighted by Gasteiger charge is 2.07. The Morgan fingerprint density at radius 1 is 1.38 bits per heavy atom. The molecule has 0 saturated carbocycles. The summed E-state index contributed by atoms with van der Waals surface area (Å²) in [5.74, 6) is -0.343. The minimum atomic E-state index is -0.343. The molecule has 0 spiro atoms. The van der Waals surface area contributed by atoms with E-state index in [0.29, 0.717) is 12.2 Å². The van der Waals surface area contributed by atoms with Crippen LogP contribution in [0.3, 0.4) is 0 Å². The molecule has 0 amide bonds. The quantitative estimate of drug-likeness (QED) is 0.787. The van der Waals surface area contributed by atoms with Crippen LogP contribution in [0.5, 0.6) is 0 Å². The van der Waals surface area contributed by atoms with Crippen LogP contribution in [-0.4, -0.2) is 19.7 Å². The van der Waals surface area contributed by atoms with E-state index in [1.165, 1.54) is 23.4 Å². The van der Waals surface area contributed by atoms with Gasteiger partial charge in [-0.3, -0.25) is 0 Å². The summed E-state index contributed by atoms with van der Waals surface area (Å²) in [5.41, 5.74) is 1.10. The van der Waals surface area contributed by atoms with E-state index in [1.54, 1.807) is 17.4 Å². The van der Waals surface area contributed by atoms with Crippen molar-refractivity contribution in [3.05, 3.63) is 52.8 Å². The molecule has 0 aliphatic carbocycles. The maximum absolute atomic E-state index is 14.1. The Morgan fingerprint density at radius 2 is 2.29 bits per heavy atom.